The minimum absolute atomic E-state index is 0.0256. The summed E-state index contributed by atoms with van der Waals surface area (Å²) in [4.78, 5) is 21.9. The Bertz CT molecular complexity index is 644. The highest BCUT2D eigenvalue weighted by atomic mass is 32.1. The molecule has 0 fully saturated rings. The molecule has 0 saturated carbocycles. The Balaban J connectivity index is 2.12. The van der Waals surface area contributed by atoms with E-state index in [-0.39, 0.29) is 19.1 Å². The lowest BCUT2D eigenvalue weighted by molar-refractivity contribution is 0.0840. The van der Waals surface area contributed by atoms with E-state index in [4.69, 9.17) is 14.6 Å². The average Bonchev–Trinajstić information content (AvgIpc) is 2.85. The molecule has 0 aliphatic rings. The molecule has 2 N–H and O–H groups in total. The molecule has 2 rings (SSSR count). The van der Waals surface area contributed by atoms with Crippen LogP contribution < -0.4 is 10.1 Å². The van der Waals surface area contributed by atoms with E-state index in [1.807, 2.05) is 13.8 Å². The van der Waals surface area contributed by atoms with Gasteiger partial charge in [-0.25, -0.2) is 9.97 Å². The first kappa shape index (κ1) is 16.6. The van der Waals surface area contributed by atoms with Crippen LogP contribution >= 0.6 is 11.3 Å². The molecule has 0 aliphatic heterocycles. The Hall–Kier alpha value is -1.77. The number of hydrogen-bond acceptors (Lipinski definition) is 7. The first-order valence-electron chi connectivity index (χ1n) is 7.02. The Morgan fingerprint density at radius 3 is 2.95 bits per heavy atom. The Kier molecular flexibility index (Phi) is 6.05. The van der Waals surface area contributed by atoms with Crippen molar-refractivity contribution in [1.29, 1.82) is 0 Å². The van der Waals surface area contributed by atoms with Gasteiger partial charge in [0.05, 0.1) is 36.7 Å². The predicted octanol–water partition coefficient (Wildman–Crippen LogP) is 1.14. The third-order valence-electron chi connectivity index (χ3n) is 2.95. The minimum Gasteiger partial charge on any atom is -0.477 e. The zero-order valence-corrected chi connectivity index (χ0v) is 13.4. The highest BCUT2D eigenvalue weighted by molar-refractivity contribution is 7.20. The molecule has 0 unspecified atom stereocenters. The Morgan fingerprint density at radius 1 is 1.41 bits per heavy atom. The standard InChI is InChI=1S/C14H19N3O4S/c1-3-21-13-10-9(2)11(22-14(10)17-8-16-13)12(19)15-4-6-20-7-5-18/h8,18H,3-7H2,1-2H3,(H,15,19). The van der Waals surface area contributed by atoms with Crippen molar-refractivity contribution in [3.05, 3.63) is 16.8 Å². The molecule has 120 valence electrons. The van der Waals surface area contributed by atoms with E-state index in [0.29, 0.717) is 30.5 Å². The fraction of sp³-hybridized carbons (Fsp3) is 0.500. The first-order valence-corrected chi connectivity index (χ1v) is 7.84. The molecular weight excluding hydrogens is 306 g/mol. The number of nitrogens with one attached hydrogen (secondary N) is 1. The molecule has 0 atom stereocenters. The van der Waals surface area contributed by atoms with E-state index in [2.05, 4.69) is 15.3 Å². The van der Waals surface area contributed by atoms with Gasteiger partial charge in [0.1, 0.15) is 11.2 Å². The second-order valence-corrected chi connectivity index (χ2v) is 5.44. The molecule has 7 nitrogen and oxygen atoms in total. The van der Waals surface area contributed by atoms with Crippen LogP contribution in [0.25, 0.3) is 10.2 Å². The molecule has 0 bridgehead atoms. The largest absolute Gasteiger partial charge is 0.477 e. The fourth-order valence-corrected chi connectivity index (χ4v) is 3.04. The maximum atomic E-state index is 12.2. The number of aryl methyl sites for hydroxylation is 1. The van der Waals surface area contributed by atoms with Gasteiger partial charge in [-0.3, -0.25) is 4.79 Å². The first-order chi connectivity index (χ1) is 10.7. The Labute approximate surface area is 132 Å². The quantitative estimate of drug-likeness (QED) is 0.707. The molecular formula is C14H19N3O4S. The highest BCUT2D eigenvalue weighted by Crippen LogP contribution is 2.34. The van der Waals surface area contributed by atoms with Crippen LogP contribution in [-0.2, 0) is 4.74 Å². The zero-order chi connectivity index (χ0) is 15.9. The second-order valence-electron chi connectivity index (χ2n) is 4.44. The number of hydrogen-bond donors (Lipinski definition) is 2. The molecule has 1 amide bonds. The lowest BCUT2D eigenvalue weighted by atomic mass is 10.2. The van der Waals surface area contributed by atoms with Gasteiger partial charge in [-0.05, 0) is 19.4 Å². The number of carbonyl (C=O) groups is 1. The molecule has 0 saturated heterocycles. The topological polar surface area (TPSA) is 93.6 Å². The van der Waals surface area contributed by atoms with Crippen molar-refractivity contribution >= 4 is 27.5 Å². The van der Waals surface area contributed by atoms with Gasteiger partial charge in [0, 0.05) is 6.54 Å². The number of thiophene rings is 1. The predicted molar refractivity (Wildman–Crippen MR) is 83.6 cm³/mol. The number of aromatic nitrogens is 2. The maximum Gasteiger partial charge on any atom is 0.261 e. The number of aliphatic hydroxyl groups excluding tert-OH is 1. The molecule has 0 radical (unpaired) electrons. The Morgan fingerprint density at radius 2 is 2.23 bits per heavy atom. The molecule has 2 aromatic rings. The average molecular weight is 325 g/mol. The van der Waals surface area contributed by atoms with Crippen molar-refractivity contribution in [2.24, 2.45) is 0 Å². The van der Waals surface area contributed by atoms with Gasteiger partial charge in [-0.2, -0.15) is 0 Å². The maximum absolute atomic E-state index is 12.2. The van der Waals surface area contributed by atoms with Crippen LogP contribution in [0, 0.1) is 6.92 Å². The van der Waals surface area contributed by atoms with Gasteiger partial charge >= 0.3 is 0 Å². The van der Waals surface area contributed by atoms with Gasteiger partial charge in [0.15, 0.2) is 0 Å². The van der Waals surface area contributed by atoms with E-state index in [9.17, 15) is 4.79 Å². The second kappa shape index (κ2) is 8.02. The van der Waals surface area contributed by atoms with Crippen molar-refractivity contribution in [2.75, 3.05) is 33.0 Å². The van der Waals surface area contributed by atoms with Crippen LogP contribution in [0.5, 0.6) is 5.88 Å². The third kappa shape index (κ3) is 3.70. The summed E-state index contributed by atoms with van der Waals surface area (Å²) in [6.45, 7) is 5.24. The van der Waals surface area contributed by atoms with Crippen molar-refractivity contribution < 1.29 is 19.4 Å². The summed E-state index contributed by atoms with van der Waals surface area (Å²) in [5.41, 5.74) is 0.817. The highest BCUT2D eigenvalue weighted by Gasteiger charge is 2.19. The van der Waals surface area contributed by atoms with E-state index in [1.54, 1.807) is 0 Å². The van der Waals surface area contributed by atoms with E-state index >= 15 is 0 Å². The van der Waals surface area contributed by atoms with Crippen LogP contribution in [0.4, 0.5) is 0 Å². The SMILES string of the molecule is CCOc1ncnc2sc(C(=O)NCCOCCO)c(C)c12. The van der Waals surface area contributed by atoms with Gasteiger partial charge in [-0.1, -0.05) is 0 Å². The van der Waals surface area contributed by atoms with E-state index in [0.717, 1.165) is 15.8 Å². The van der Waals surface area contributed by atoms with E-state index < -0.39 is 0 Å². The van der Waals surface area contributed by atoms with Gasteiger partial charge in [0.2, 0.25) is 5.88 Å². The number of fused-ring (bicyclic) bond motifs is 1. The summed E-state index contributed by atoms with van der Waals surface area (Å²) in [6.07, 6.45) is 1.44. The van der Waals surface area contributed by atoms with Gasteiger partial charge in [-0.15, -0.1) is 11.3 Å². The summed E-state index contributed by atoms with van der Waals surface area (Å²) in [5.74, 6) is 0.335. The summed E-state index contributed by atoms with van der Waals surface area (Å²) in [5, 5.41) is 12.2. The van der Waals surface area contributed by atoms with E-state index in [1.165, 1.54) is 17.7 Å². The van der Waals surface area contributed by atoms with Crippen LogP contribution in [0.15, 0.2) is 6.33 Å². The smallest absolute Gasteiger partial charge is 0.261 e. The van der Waals surface area contributed by atoms with Gasteiger partial charge in [0.25, 0.3) is 5.91 Å². The van der Waals surface area contributed by atoms with Gasteiger partial charge < -0.3 is 19.9 Å². The summed E-state index contributed by atoms with van der Waals surface area (Å²) in [7, 11) is 0. The molecule has 8 heteroatoms. The van der Waals surface area contributed by atoms with Crippen molar-refractivity contribution in [3.8, 4) is 5.88 Å². The molecule has 2 heterocycles. The van der Waals surface area contributed by atoms with Crippen LogP contribution in [0.1, 0.15) is 22.2 Å². The normalized spacial score (nSPS) is 10.9. The molecule has 0 spiro atoms. The molecule has 0 aromatic carbocycles. The molecule has 0 aliphatic carbocycles. The van der Waals surface area contributed by atoms with Crippen molar-refractivity contribution in [1.82, 2.24) is 15.3 Å². The monoisotopic (exact) mass is 325 g/mol. The number of amides is 1. The van der Waals surface area contributed by atoms with Crippen molar-refractivity contribution in [3.63, 3.8) is 0 Å². The van der Waals surface area contributed by atoms with Crippen LogP contribution in [0.3, 0.4) is 0 Å². The molecule has 22 heavy (non-hydrogen) atoms. The van der Waals surface area contributed by atoms with Crippen molar-refractivity contribution in [2.45, 2.75) is 13.8 Å². The summed E-state index contributed by atoms with van der Waals surface area (Å²) >= 11 is 1.32. The minimum atomic E-state index is -0.171. The number of aliphatic hydroxyl groups is 1. The van der Waals surface area contributed by atoms with Crippen LogP contribution in [-0.4, -0.2) is 54.0 Å². The van der Waals surface area contributed by atoms with Crippen LogP contribution in [0.2, 0.25) is 0 Å². The number of ether oxygens (including phenoxy) is 2. The summed E-state index contributed by atoms with van der Waals surface area (Å²) < 4.78 is 10.6. The molecule has 2 aromatic heterocycles. The lowest BCUT2D eigenvalue weighted by Crippen LogP contribution is -2.27. The number of carbonyl (C=O) groups excluding carboxylic acids is 1. The third-order valence-corrected chi connectivity index (χ3v) is 4.15. The summed E-state index contributed by atoms with van der Waals surface area (Å²) in [6, 6.07) is 0. The zero-order valence-electron chi connectivity index (χ0n) is 12.6. The number of rotatable bonds is 8. The lowest BCUT2D eigenvalue weighted by Gasteiger charge is -2.05. The number of nitrogens with zero attached hydrogens (tertiary/aromatic N) is 2. The fourth-order valence-electron chi connectivity index (χ4n) is 1.99.